The van der Waals surface area contributed by atoms with Crippen LogP contribution in [0.1, 0.15) is 23.6 Å². The highest BCUT2D eigenvalue weighted by Crippen LogP contribution is 2.36. The van der Waals surface area contributed by atoms with E-state index in [1.54, 1.807) is 42.2 Å². The lowest BCUT2D eigenvalue weighted by molar-refractivity contribution is 0.242. The Morgan fingerprint density at radius 2 is 1.86 bits per heavy atom. The van der Waals surface area contributed by atoms with E-state index in [1.165, 1.54) is 14.2 Å². The number of amides is 2. The van der Waals surface area contributed by atoms with E-state index < -0.39 is 10.0 Å². The van der Waals surface area contributed by atoms with Gasteiger partial charge in [0.2, 0.25) is 0 Å². The minimum Gasteiger partial charge on any atom is -0.496 e. The summed E-state index contributed by atoms with van der Waals surface area (Å²) >= 11 is 0. The maximum atomic E-state index is 13.3. The molecule has 0 bridgehead atoms. The molecule has 0 unspecified atom stereocenters. The van der Waals surface area contributed by atoms with Crippen molar-refractivity contribution in [2.45, 2.75) is 31.3 Å². The summed E-state index contributed by atoms with van der Waals surface area (Å²) in [6, 6.07) is 8.23. The molecular weight excluding hydrogens is 500 g/mol. The van der Waals surface area contributed by atoms with Gasteiger partial charge < -0.3 is 24.6 Å². The number of nitrogens with zero attached hydrogens (tertiary/aromatic N) is 3. The molecule has 0 radical (unpaired) electrons. The maximum Gasteiger partial charge on any atom is 0.314 e. The summed E-state index contributed by atoms with van der Waals surface area (Å²) in [6.45, 7) is 2.65. The number of methoxy groups -OCH3 is 2. The molecule has 196 valence electrons. The Balaban J connectivity index is 1.60. The number of anilines is 1. The van der Waals surface area contributed by atoms with Crippen LogP contribution in [-0.2, 0) is 29.5 Å². The lowest BCUT2D eigenvalue weighted by Gasteiger charge is -2.12. The van der Waals surface area contributed by atoms with Crippen LogP contribution in [0.25, 0.3) is 11.0 Å². The van der Waals surface area contributed by atoms with Crippen molar-refractivity contribution in [1.82, 2.24) is 25.6 Å². The zero-order valence-electron chi connectivity index (χ0n) is 20.9. The van der Waals surface area contributed by atoms with E-state index in [0.29, 0.717) is 36.2 Å². The van der Waals surface area contributed by atoms with Crippen molar-refractivity contribution in [2.24, 2.45) is 0 Å². The van der Waals surface area contributed by atoms with Crippen molar-refractivity contribution in [1.29, 1.82) is 0 Å². The number of nitrogens with one attached hydrogen (secondary N) is 3. The SMILES string of the molecule is CCc1ccc(OC)c(S(=O)(=O)Nc2noc3cc(Cn4cc(CNC(=O)NC)cn4)cc(OC)c23)c1. The van der Waals surface area contributed by atoms with Gasteiger partial charge in [0.05, 0.1) is 27.0 Å². The van der Waals surface area contributed by atoms with Gasteiger partial charge >= 0.3 is 6.03 Å². The molecule has 2 heterocycles. The molecule has 4 rings (SSSR count). The molecule has 3 N–H and O–H groups in total. The molecule has 0 atom stereocenters. The van der Waals surface area contributed by atoms with Gasteiger partial charge in [-0.3, -0.25) is 9.40 Å². The second-order valence-corrected chi connectivity index (χ2v) is 9.78. The molecular formula is C24H28N6O6S. The van der Waals surface area contributed by atoms with E-state index in [2.05, 4.69) is 25.6 Å². The number of fused-ring (bicyclic) bond motifs is 1. The third-order valence-corrected chi connectivity index (χ3v) is 7.05. The number of hydrogen-bond acceptors (Lipinski definition) is 8. The largest absolute Gasteiger partial charge is 0.496 e. The molecule has 2 amide bonds. The number of hydrogen-bond donors (Lipinski definition) is 3. The topological polar surface area (TPSA) is 150 Å². The highest BCUT2D eigenvalue weighted by Gasteiger charge is 2.25. The first kappa shape index (κ1) is 25.8. The number of ether oxygens (including phenoxy) is 2. The summed E-state index contributed by atoms with van der Waals surface area (Å²) in [5, 5.41) is 13.9. The van der Waals surface area contributed by atoms with E-state index in [1.807, 2.05) is 19.2 Å². The first-order valence-electron chi connectivity index (χ1n) is 11.4. The third-order valence-electron chi connectivity index (χ3n) is 5.69. The molecule has 2 aromatic carbocycles. The number of benzene rings is 2. The van der Waals surface area contributed by atoms with Crippen LogP contribution in [0.15, 0.2) is 52.1 Å². The van der Waals surface area contributed by atoms with Crippen LogP contribution in [0.2, 0.25) is 0 Å². The summed E-state index contributed by atoms with van der Waals surface area (Å²) in [5.41, 5.74) is 2.81. The maximum absolute atomic E-state index is 13.3. The smallest absolute Gasteiger partial charge is 0.314 e. The van der Waals surface area contributed by atoms with Crippen molar-refractivity contribution < 1.29 is 27.2 Å². The molecule has 0 aliphatic carbocycles. The molecule has 0 saturated heterocycles. The minimum absolute atomic E-state index is 0.00137. The molecule has 12 nitrogen and oxygen atoms in total. The number of carbonyl (C=O) groups is 1. The van der Waals surface area contributed by atoms with Gasteiger partial charge in [0.1, 0.15) is 21.8 Å². The summed E-state index contributed by atoms with van der Waals surface area (Å²) in [4.78, 5) is 11.4. The zero-order chi connectivity index (χ0) is 26.6. The number of aryl methyl sites for hydroxylation is 1. The molecule has 4 aromatic rings. The Bertz CT molecular complexity index is 1530. The van der Waals surface area contributed by atoms with Crippen LogP contribution in [0.3, 0.4) is 0 Å². The first-order chi connectivity index (χ1) is 17.8. The van der Waals surface area contributed by atoms with E-state index in [0.717, 1.165) is 16.7 Å². The van der Waals surface area contributed by atoms with Gasteiger partial charge in [-0.15, -0.1) is 0 Å². The monoisotopic (exact) mass is 528 g/mol. The molecule has 2 aromatic heterocycles. The molecule has 13 heteroatoms. The normalized spacial score (nSPS) is 11.4. The number of carbonyl (C=O) groups excluding carboxylic acids is 1. The average Bonchev–Trinajstić information content (AvgIpc) is 3.52. The third kappa shape index (κ3) is 5.61. The predicted octanol–water partition coefficient (Wildman–Crippen LogP) is 2.88. The van der Waals surface area contributed by atoms with E-state index >= 15 is 0 Å². The Morgan fingerprint density at radius 3 is 2.57 bits per heavy atom. The number of rotatable bonds is 10. The molecule has 0 spiro atoms. The first-order valence-corrected chi connectivity index (χ1v) is 12.9. The van der Waals surface area contributed by atoms with Gasteiger partial charge in [-0.05, 0) is 41.8 Å². The van der Waals surface area contributed by atoms with E-state index in [9.17, 15) is 13.2 Å². The van der Waals surface area contributed by atoms with Crippen molar-refractivity contribution in [3.63, 3.8) is 0 Å². The second kappa shape index (κ2) is 10.8. The highest BCUT2D eigenvalue weighted by molar-refractivity contribution is 7.92. The van der Waals surface area contributed by atoms with Gasteiger partial charge in [-0.2, -0.15) is 5.10 Å². The molecule has 37 heavy (non-hydrogen) atoms. The lowest BCUT2D eigenvalue weighted by atomic mass is 10.1. The van der Waals surface area contributed by atoms with Crippen molar-refractivity contribution in [2.75, 3.05) is 26.0 Å². The lowest BCUT2D eigenvalue weighted by Crippen LogP contribution is -2.31. The van der Waals surface area contributed by atoms with Gasteiger partial charge in [-0.1, -0.05) is 18.1 Å². The van der Waals surface area contributed by atoms with Gasteiger partial charge in [0, 0.05) is 25.4 Å². The van der Waals surface area contributed by atoms with Crippen LogP contribution in [-0.4, -0.2) is 50.7 Å². The predicted molar refractivity (Wildman–Crippen MR) is 136 cm³/mol. The van der Waals surface area contributed by atoms with Crippen LogP contribution >= 0.6 is 0 Å². The fraction of sp³-hybridized carbons (Fsp3) is 0.292. The highest BCUT2D eigenvalue weighted by atomic mass is 32.2. The molecule has 0 fully saturated rings. The van der Waals surface area contributed by atoms with E-state index in [4.69, 9.17) is 14.0 Å². The summed E-state index contributed by atoms with van der Waals surface area (Å²) < 4.78 is 47.0. The average molecular weight is 529 g/mol. The van der Waals surface area contributed by atoms with Crippen LogP contribution in [0.4, 0.5) is 10.6 Å². The fourth-order valence-electron chi connectivity index (χ4n) is 3.79. The molecule has 0 aliphatic rings. The van der Waals surface area contributed by atoms with Crippen LogP contribution in [0, 0.1) is 0 Å². The zero-order valence-corrected chi connectivity index (χ0v) is 21.7. The van der Waals surface area contributed by atoms with E-state index in [-0.39, 0.29) is 22.5 Å². The second-order valence-electron chi connectivity index (χ2n) is 8.13. The van der Waals surface area contributed by atoms with Gasteiger partial charge in [0.15, 0.2) is 11.4 Å². The Kier molecular flexibility index (Phi) is 7.53. The summed E-state index contributed by atoms with van der Waals surface area (Å²) in [7, 11) is 0.392. The Labute approximate surface area is 214 Å². The van der Waals surface area contributed by atoms with Crippen molar-refractivity contribution in [3.05, 3.63) is 59.4 Å². The standard InChI is InChI=1S/C24H28N6O6S/c1-5-15-6-7-18(34-3)21(10-15)37(32,33)29-23-22-19(35-4)8-16(9-20(22)36-28-23)13-30-14-17(12-27-30)11-26-24(31)25-2/h6-10,12,14H,5,11,13H2,1-4H3,(H,28,29)(H2,25,26,31). The number of urea groups is 1. The van der Waals surface area contributed by atoms with Crippen molar-refractivity contribution >= 4 is 32.8 Å². The Morgan fingerprint density at radius 1 is 1.08 bits per heavy atom. The fourth-order valence-corrected chi connectivity index (χ4v) is 5.01. The van der Waals surface area contributed by atoms with Crippen molar-refractivity contribution in [3.8, 4) is 11.5 Å². The van der Waals surface area contributed by atoms with Gasteiger partial charge in [0.25, 0.3) is 10.0 Å². The summed E-state index contributed by atoms with van der Waals surface area (Å²) in [5.74, 6) is 0.606. The summed E-state index contributed by atoms with van der Waals surface area (Å²) in [6.07, 6.45) is 4.14. The van der Waals surface area contributed by atoms with Gasteiger partial charge in [-0.25, -0.2) is 13.2 Å². The van der Waals surface area contributed by atoms with Crippen LogP contribution in [0.5, 0.6) is 11.5 Å². The minimum atomic E-state index is -4.05. The van der Waals surface area contributed by atoms with Crippen LogP contribution < -0.4 is 24.8 Å². The molecule has 0 aliphatic heterocycles. The number of sulfonamides is 1. The Hall–Kier alpha value is -4.26. The molecule has 0 saturated carbocycles. The number of aromatic nitrogens is 3. The quantitative estimate of drug-likeness (QED) is 0.284.